The minimum Gasteiger partial charge on any atom is -0.331 e. The fourth-order valence-electron chi connectivity index (χ4n) is 4.70. The number of fused-ring (bicyclic) bond motifs is 1. The number of carbonyl (C=O) groups is 2. The number of likely N-dealkylation sites (N-methyl/N-ethyl adjacent to an activating group) is 1. The number of anilines is 1. The van der Waals surface area contributed by atoms with Crippen LogP contribution in [0.1, 0.15) is 61.8 Å². The van der Waals surface area contributed by atoms with Gasteiger partial charge in [-0.25, -0.2) is 9.97 Å². The predicted octanol–water partition coefficient (Wildman–Crippen LogP) is 3.27. The summed E-state index contributed by atoms with van der Waals surface area (Å²) in [4.78, 5) is 41.6. The summed E-state index contributed by atoms with van der Waals surface area (Å²) in [5, 5.41) is 0. The lowest BCUT2D eigenvalue weighted by atomic mass is 10.0. The third kappa shape index (κ3) is 4.53. The third-order valence-corrected chi connectivity index (χ3v) is 6.65. The molecule has 3 heterocycles. The van der Waals surface area contributed by atoms with Gasteiger partial charge in [-0.2, -0.15) is 0 Å². The number of hydrogen-bond acceptors (Lipinski definition) is 5. The number of amides is 2. The van der Waals surface area contributed by atoms with Crippen molar-refractivity contribution in [1.82, 2.24) is 19.8 Å². The van der Waals surface area contributed by atoms with Gasteiger partial charge in [0.05, 0.1) is 25.6 Å². The Morgan fingerprint density at radius 3 is 2.59 bits per heavy atom. The summed E-state index contributed by atoms with van der Waals surface area (Å²) in [6.07, 6.45) is 3.24. The molecule has 2 aromatic rings. The van der Waals surface area contributed by atoms with Crippen LogP contribution in [0.4, 0.5) is 5.82 Å². The van der Waals surface area contributed by atoms with Gasteiger partial charge in [-0.1, -0.05) is 44.2 Å². The average Bonchev–Trinajstić information content (AvgIpc) is 3.13. The molecule has 32 heavy (non-hydrogen) atoms. The first-order chi connectivity index (χ1) is 15.5. The van der Waals surface area contributed by atoms with Gasteiger partial charge in [0.2, 0.25) is 11.8 Å². The Bertz CT molecular complexity index is 974. The molecular weight excluding hydrogens is 402 g/mol. The van der Waals surface area contributed by atoms with Gasteiger partial charge >= 0.3 is 0 Å². The molecule has 0 saturated carbocycles. The van der Waals surface area contributed by atoms with E-state index in [4.69, 9.17) is 9.97 Å². The molecular formula is C25H33N5O2. The molecule has 2 amide bonds. The smallest absolute Gasteiger partial charge is 0.237 e. The first kappa shape index (κ1) is 22.4. The van der Waals surface area contributed by atoms with E-state index in [-0.39, 0.29) is 17.9 Å². The van der Waals surface area contributed by atoms with Crippen molar-refractivity contribution in [2.24, 2.45) is 0 Å². The zero-order chi connectivity index (χ0) is 22.7. The first-order valence-corrected chi connectivity index (χ1v) is 11.7. The van der Waals surface area contributed by atoms with E-state index in [9.17, 15) is 9.59 Å². The molecule has 1 aromatic carbocycles. The van der Waals surface area contributed by atoms with Crippen molar-refractivity contribution in [3.8, 4) is 0 Å². The maximum atomic E-state index is 13.2. The number of aryl methyl sites for hydroxylation is 1. The zero-order valence-corrected chi connectivity index (χ0v) is 19.4. The van der Waals surface area contributed by atoms with Gasteiger partial charge < -0.3 is 4.90 Å². The molecule has 0 N–H and O–H groups in total. The predicted molar refractivity (Wildman–Crippen MR) is 124 cm³/mol. The van der Waals surface area contributed by atoms with Crippen LogP contribution in [0.3, 0.4) is 0 Å². The lowest BCUT2D eigenvalue weighted by Crippen LogP contribution is -2.45. The molecule has 0 unspecified atom stereocenters. The molecule has 1 atom stereocenters. The standard InChI is InChI=1S/C25H33N5O2/c1-4-28(5-2)17-23(32)29-14-10-9-13-21(29)24-26-18(3)20-15-22(31)30(25(20)27-24)16-19-11-7-6-8-12-19/h6-8,11-12,21H,4-5,9-10,13-17H2,1-3H3/t21-/m0/s1. The van der Waals surface area contributed by atoms with Crippen molar-refractivity contribution in [2.75, 3.05) is 31.1 Å². The number of nitrogens with zero attached hydrogens (tertiary/aromatic N) is 5. The zero-order valence-electron chi connectivity index (χ0n) is 19.4. The minimum absolute atomic E-state index is 0.0523. The Kier molecular flexibility index (Phi) is 6.84. The van der Waals surface area contributed by atoms with E-state index in [0.717, 1.165) is 55.7 Å². The second-order valence-corrected chi connectivity index (χ2v) is 8.67. The lowest BCUT2D eigenvalue weighted by molar-refractivity contribution is -0.136. The van der Waals surface area contributed by atoms with Crippen LogP contribution >= 0.6 is 0 Å². The van der Waals surface area contributed by atoms with E-state index < -0.39 is 0 Å². The highest BCUT2D eigenvalue weighted by Gasteiger charge is 2.35. The highest BCUT2D eigenvalue weighted by molar-refractivity contribution is 6.00. The van der Waals surface area contributed by atoms with Gasteiger partial charge in [0.15, 0.2) is 5.82 Å². The number of carbonyl (C=O) groups excluding carboxylic acids is 2. The second kappa shape index (κ2) is 9.77. The Balaban J connectivity index is 1.63. The van der Waals surface area contributed by atoms with Crippen LogP contribution in [0.5, 0.6) is 0 Å². The van der Waals surface area contributed by atoms with Gasteiger partial charge in [-0.3, -0.25) is 19.4 Å². The van der Waals surface area contributed by atoms with Crippen LogP contribution in [0.2, 0.25) is 0 Å². The van der Waals surface area contributed by atoms with E-state index >= 15 is 0 Å². The topological polar surface area (TPSA) is 69.6 Å². The van der Waals surface area contributed by atoms with Crippen molar-refractivity contribution in [3.05, 3.63) is 53.0 Å². The molecule has 2 aliphatic heterocycles. The third-order valence-electron chi connectivity index (χ3n) is 6.65. The Morgan fingerprint density at radius 2 is 1.88 bits per heavy atom. The van der Waals surface area contributed by atoms with Crippen LogP contribution < -0.4 is 4.90 Å². The van der Waals surface area contributed by atoms with Crippen LogP contribution in [-0.2, 0) is 22.6 Å². The summed E-state index contributed by atoms with van der Waals surface area (Å²) >= 11 is 0. The molecule has 7 nitrogen and oxygen atoms in total. The summed E-state index contributed by atoms with van der Waals surface area (Å²) in [7, 11) is 0. The quantitative estimate of drug-likeness (QED) is 0.668. The number of benzene rings is 1. The second-order valence-electron chi connectivity index (χ2n) is 8.67. The molecule has 0 aliphatic carbocycles. The van der Waals surface area contributed by atoms with E-state index in [1.54, 1.807) is 4.90 Å². The van der Waals surface area contributed by atoms with Crippen molar-refractivity contribution in [2.45, 2.75) is 59.0 Å². The molecule has 4 rings (SSSR count). The normalized spacial score (nSPS) is 18.4. The molecule has 7 heteroatoms. The van der Waals surface area contributed by atoms with Crippen LogP contribution in [-0.4, -0.2) is 57.8 Å². The van der Waals surface area contributed by atoms with Gasteiger partial charge in [-0.05, 0) is 44.8 Å². The monoisotopic (exact) mass is 435 g/mol. The van der Waals surface area contributed by atoms with E-state index in [0.29, 0.717) is 31.2 Å². The fraction of sp³-hybridized carbons (Fsp3) is 0.520. The molecule has 2 aliphatic rings. The van der Waals surface area contributed by atoms with Crippen molar-refractivity contribution in [3.63, 3.8) is 0 Å². The van der Waals surface area contributed by atoms with E-state index in [1.165, 1.54) is 0 Å². The summed E-state index contributed by atoms with van der Waals surface area (Å²) in [5.74, 6) is 1.57. The van der Waals surface area contributed by atoms with Gasteiger partial charge in [0.25, 0.3) is 0 Å². The highest BCUT2D eigenvalue weighted by atomic mass is 16.2. The molecule has 1 saturated heterocycles. The minimum atomic E-state index is -0.134. The molecule has 1 aromatic heterocycles. The number of piperidine rings is 1. The molecule has 1 fully saturated rings. The summed E-state index contributed by atoms with van der Waals surface area (Å²) in [5.41, 5.74) is 2.82. The fourth-order valence-corrected chi connectivity index (χ4v) is 4.70. The molecule has 170 valence electrons. The highest BCUT2D eigenvalue weighted by Crippen LogP contribution is 2.35. The molecule has 0 spiro atoms. The summed E-state index contributed by atoms with van der Waals surface area (Å²) < 4.78 is 0. The Hall–Kier alpha value is -2.80. The van der Waals surface area contributed by atoms with Gasteiger partial charge in [0, 0.05) is 17.8 Å². The van der Waals surface area contributed by atoms with E-state index in [2.05, 4.69) is 18.7 Å². The van der Waals surface area contributed by atoms with E-state index in [1.807, 2.05) is 42.2 Å². The maximum Gasteiger partial charge on any atom is 0.237 e. The average molecular weight is 436 g/mol. The molecule has 0 radical (unpaired) electrons. The summed E-state index contributed by atoms with van der Waals surface area (Å²) in [6, 6.07) is 9.85. The van der Waals surface area contributed by atoms with Gasteiger partial charge in [-0.15, -0.1) is 0 Å². The number of hydrogen-bond donors (Lipinski definition) is 0. The van der Waals surface area contributed by atoms with Crippen LogP contribution in [0.25, 0.3) is 0 Å². The lowest BCUT2D eigenvalue weighted by Gasteiger charge is -2.36. The van der Waals surface area contributed by atoms with Crippen molar-refractivity contribution >= 4 is 17.6 Å². The first-order valence-electron chi connectivity index (χ1n) is 11.7. The Labute approximate surface area is 190 Å². The maximum absolute atomic E-state index is 13.2. The Morgan fingerprint density at radius 1 is 1.12 bits per heavy atom. The largest absolute Gasteiger partial charge is 0.331 e. The van der Waals surface area contributed by atoms with Crippen LogP contribution in [0, 0.1) is 6.92 Å². The molecule has 0 bridgehead atoms. The van der Waals surface area contributed by atoms with Crippen molar-refractivity contribution < 1.29 is 9.59 Å². The van der Waals surface area contributed by atoms with Crippen LogP contribution in [0.15, 0.2) is 30.3 Å². The van der Waals surface area contributed by atoms with Gasteiger partial charge in [0.1, 0.15) is 5.82 Å². The number of aromatic nitrogens is 2. The summed E-state index contributed by atoms with van der Waals surface area (Å²) in [6.45, 7) is 9.47. The SMILES string of the molecule is CCN(CC)CC(=O)N1CCCC[C@H]1c1nc(C)c2c(n1)N(Cc1ccccc1)C(=O)C2. The number of likely N-dealkylation sites (tertiary alicyclic amines) is 1. The number of rotatable bonds is 7. The van der Waals surface area contributed by atoms with Crippen molar-refractivity contribution in [1.29, 1.82) is 0 Å².